The summed E-state index contributed by atoms with van der Waals surface area (Å²) in [6.45, 7) is 0.0456. The summed E-state index contributed by atoms with van der Waals surface area (Å²) < 4.78 is 11.3. The fourth-order valence-electron chi connectivity index (χ4n) is 2.70. The average Bonchev–Trinajstić information content (AvgIpc) is 3.17. The van der Waals surface area contributed by atoms with Crippen LogP contribution in [0.2, 0.25) is 0 Å². The molecule has 4 nitrogen and oxygen atoms in total. The molecule has 0 amide bonds. The molecule has 0 aliphatic carbocycles. The van der Waals surface area contributed by atoms with Gasteiger partial charge in [0.05, 0.1) is 6.20 Å². The number of fused-ring (bicyclic) bond motifs is 1. The molecule has 4 rings (SSSR count). The number of aromatic nitrogens is 1. The minimum atomic E-state index is 0.0456. The van der Waals surface area contributed by atoms with Crippen molar-refractivity contribution in [2.24, 2.45) is 0 Å². The first-order valence-corrected chi connectivity index (χ1v) is 7.89. The van der Waals surface area contributed by atoms with E-state index in [4.69, 9.17) is 14.4 Å². The van der Waals surface area contributed by atoms with Crippen molar-refractivity contribution in [3.05, 3.63) is 72.9 Å². The van der Waals surface area contributed by atoms with E-state index in [1.165, 1.54) is 0 Å². The maximum absolute atomic E-state index is 8.60. The van der Waals surface area contributed by atoms with Crippen LogP contribution < -0.4 is 4.74 Å². The van der Waals surface area contributed by atoms with Crippen molar-refractivity contribution in [3.8, 4) is 34.6 Å². The summed E-state index contributed by atoms with van der Waals surface area (Å²) in [5, 5.41) is 10.7. The molecule has 25 heavy (non-hydrogen) atoms. The van der Waals surface area contributed by atoms with Crippen molar-refractivity contribution in [1.82, 2.24) is 4.98 Å². The highest BCUT2D eigenvalue weighted by Crippen LogP contribution is 2.29. The van der Waals surface area contributed by atoms with E-state index in [1.807, 2.05) is 66.7 Å². The van der Waals surface area contributed by atoms with E-state index in [1.54, 1.807) is 6.20 Å². The van der Waals surface area contributed by atoms with Crippen LogP contribution in [0.1, 0.15) is 0 Å². The molecule has 3 aromatic carbocycles. The van der Waals surface area contributed by atoms with Crippen LogP contribution in [0.4, 0.5) is 0 Å². The van der Waals surface area contributed by atoms with Crippen LogP contribution in [-0.2, 0) is 0 Å². The Morgan fingerprint density at radius 3 is 2.56 bits per heavy atom. The lowest BCUT2D eigenvalue weighted by Crippen LogP contribution is -1.92. The summed E-state index contributed by atoms with van der Waals surface area (Å²) in [6.07, 6.45) is 1.74. The molecule has 0 fully saturated rings. The largest absolute Gasteiger partial charge is 0.479 e. The Morgan fingerprint density at radius 1 is 0.920 bits per heavy atom. The van der Waals surface area contributed by atoms with Gasteiger partial charge in [0.1, 0.15) is 11.8 Å². The van der Waals surface area contributed by atoms with Crippen LogP contribution in [0.5, 0.6) is 5.75 Å². The molecule has 1 aromatic heterocycles. The van der Waals surface area contributed by atoms with Crippen LogP contribution >= 0.6 is 0 Å². The summed E-state index contributed by atoms with van der Waals surface area (Å²) in [5.41, 5.74) is 1.92. The number of ether oxygens (including phenoxy) is 1. The van der Waals surface area contributed by atoms with Gasteiger partial charge in [-0.1, -0.05) is 36.4 Å². The smallest absolute Gasteiger partial charge is 0.226 e. The Hall–Kier alpha value is -3.58. The maximum Gasteiger partial charge on any atom is 0.226 e. The van der Waals surface area contributed by atoms with Crippen LogP contribution in [0.15, 0.2) is 77.3 Å². The predicted octanol–water partition coefficient (Wildman–Crippen LogP) is 5.06. The molecule has 4 aromatic rings. The zero-order valence-corrected chi connectivity index (χ0v) is 13.3. The lowest BCUT2D eigenvalue weighted by Gasteiger charge is -2.05. The zero-order valence-electron chi connectivity index (χ0n) is 13.3. The molecular formula is C21H14N2O2. The lowest BCUT2D eigenvalue weighted by molar-refractivity contribution is 0.368. The summed E-state index contributed by atoms with van der Waals surface area (Å²) in [5.74, 6) is 2.02. The van der Waals surface area contributed by atoms with Gasteiger partial charge in [-0.3, -0.25) is 0 Å². The topological polar surface area (TPSA) is 59.0 Å². The van der Waals surface area contributed by atoms with Crippen molar-refractivity contribution in [2.75, 3.05) is 6.61 Å². The van der Waals surface area contributed by atoms with Crippen molar-refractivity contribution >= 4 is 10.8 Å². The second-order valence-electron chi connectivity index (χ2n) is 5.57. The molecule has 0 unspecified atom stereocenters. The molecule has 0 N–H and O–H groups in total. The maximum atomic E-state index is 8.60. The fraction of sp³-hybridized carbons (Fsp3) is 0.0476. The molecule has 0 atom stereocenters. The third-order valence-corrected chi connectivity index (χ3v) is 3.93. The molecular weight excluding hydrogens is 312 g/mol. The van der Waals surface area contributed by atoms with Gasteiger partial charge in [-0.05, 0) is 41.1 Å². The van der Waals surface area contributed by atoms with Gasteiger partial charge < -0.3 is 9.15 Å². The number of benzene rings is 3. The third kappa shape index (κ3) is 3.08. The van der Waals surface area contributed by atoms with Crippen molar-refractivity contribution in [3.63, 3.8) is 0 Å². The van der Waals surface area contributed by atoms with E-state index in [2.05, 4.69) is 11.1 Å². The minimum Gasteiger partial charge on any atom is -0.479 e. The van der Waals surface area contributed by atoms with Gasteiger partial charge in [0.25, 0.3) is 0 Å². The number of hydrogen-bond donors (Lipinski definition) is 0. The van der Waals surface area contributed by atoms with Gasteiger partial charge in [0.2, 0.25) is 5.89 Å². The Labute approximate surface area is 144 Å². The minimum absolute atomic E-state index is 0.0456. The SMILES string of the molecule is N#CCOc1ccc2cc(-c3cnc(-c4ccccc4)o3)ccc2c1. The fourth-order valence-corrected chi connectivity index (χ4v) is 2.70. The van der Waals surface area contributed by atoms with E-state index in [0.717, 1.165) is 27.7 Å². The number of oxazole rings is 1. The zero-order chi connectivity index (χ0) is 17.1. The van der Waals surface area contributed by atoms with Gasteiger partial charge in [-0.2, -0.15) is 5.26 Å². The molecule has 0 spiro atoms. The predicted molar refractivity (Wildman–Crippen MR) is 96.0 cm³/mol. The van der Waals surface area contributed by atoms with Gasteiger partial charge in [-0.25, -0.2) is 4.98 Å². The highest BCUT2D eigenvalue weighted by atomic mass is 16.5. The average molecular weight is 326 g/mol. The molecule has 0 saturated heterocycles. The Kier molecular flexibility index (Phi) is 3.89. The van der Waals surface area contributed by atoms with Gasteiger partial charge in [0.15, 0.2) is 12.4 Å². The highest BCUT2D eigenvalue weighted by molar-refractivity contribution is 5.87. The van der Waals surface area contributed by atoms with Crippen LogP contribution in [-0.4, -0.2) is 11.6 Å². The second-order valence-corrected chi connectivity index (χ2v) is 5.57. The second kappa shape index (κ2) is 6.50. The Bertz CT molecular complexity index is 1060. The summed E-state index contributed by atoms with van der Waals surface area (Å²) >= 11 is 0. The first-order valence-electron chi connectivity index (χ1n) is 7.89. The van der Waals surface area contributed by atoms with Crippen LogP contribution in [0.25, 0.3) is 33.6 Å². The van der Waals surface area contributed by atoms with E-state index in [9.17, 15) is 0 Å². The van der Waals surface area contributed by atoms with Crippen molar-refractivity contribution in [2.45, 2.75) is 0 Å². The quantitative estimate of drug-likeness (QED) is 0.525. The van der Waals surface area contributed by atoms with Gasteiger partial charge in [0, 0.05) is 11.1 Å². The molecule has 0 aliphatic heterocycles. The summed E-state index contributed by atoms with van der Waals surface area (Å²) in [4.78, 5) is 4.37. The highest BCUT2D eigenvalue weighted by Gasteiger charge is 2.09. The normalized spacial score (nSPS) is 10.5. The monoisotopic (exact) mass is 326 g/mol. The molecule has 120 valence electrons. The van der Waals surface area contributed by atoms with Crippen molar-refractivity contribution in [1.29, 1.82) is 5.26 Å². The third-order valence-electron chi connectivity index (χ3n) is 3.93. The van der Waals surface area contributed by atoms with Gasteiger partial charge in [-0.15, -0.1) is 0 Å². The molecule has 4 heteroatoms. The molecule has 0 saturated carbocycles. The van der Waals surface area contributed by atoms with E-state index in [-0.39, 0.29) is 6.61 Å². The summed E-state index contributed by atoms with van der Waals surface area (Å²) in [7, 11) is 0. The van der Waals surface area contributed by atoms with Crippen LogP contribution in [0, 0.1) is 11.3 Å². The molecule has 0 bridgehead atoms. The van der Waals surface area contributed by atoms with Crippen molar-refractivity contribution < 1.29 is 9.15 Å². The standard InChI is InChI=1S/C21H14N2O2/c22-10-11-24-19-9-8-16-12-18(7-6-17(16)13-19)20-14-23-21(25-20)15-4-2-1-3-5-15/h1-9,12-14H,11H2. The first kappa shape index (κ1) is 15.0. The Morgan fingerprint density at radius 2 is 1.72 bits per heavy atom. The first-order chi connectivity index (χ1) is 12.3. The number of rotatable bonds is 4. The summed E-state index contributed by atoms with van der Waals surface area (Å²) in [6, 6.07) is 23.6. The van der Waals surface area contributed by atoms with Crippen LogP contribution in [0.3, 0.4) is 0 Å². The number of nitrogens with zero attached hydrogens (tertiary/aromatic N) is 2. The molecule has 1 heterocycles. The van der Waals surface area contributed by atoms with Gasteiger partial charge >= 0.3 is 0 Å². The Balaban J connectivity index is 1.66. The number of hydrogen-bond acceptors (Lipinski definition) is 4. The molecule has 0 aliphatic rings. The number of nitriles is 1. The molecule has 0 radical (unpaired) electrons. The van der Waals surface area contributed by atoms with E-state index >= 15 is 0 Å². The van der Waals surface area contributed by atoms with E-state index in [0.29, 0.717) is 11.6 Å². The lowest BCUT2D eigenvalue weighted by atomic mass is 10.1. The van der Waals surface area contributed by atoms with E-state index < -0.39 is 0 Å².